The van der Waals surface area contributed by atoms with Gasteiger partial charge in [0.2, 0.25) is 0 Å². The second-order valence-corrected chi connectivity index (χ2v) is 7.04. The molecule has 0 fully saturated rings. The Bertz CT molecular complexity index is 484. The maximum Gasteiger partial charge on any atom is 0.125 e. The van der Waals surface area contributed by atoms with Crippen molar-refractivity contribution in [1.82, 2.24) is 0 Å². The van der Waals surface area contributed by atoms with Crippen molar-refractivity contribution < 1.29 is 14.6 Å². The van der Waals surface area contributed by atoms with E-state index in [-0.39, 0.29) is 6.10 Å². The molecule has 1 aromatic carbocycles. The van der Waals surface area contributed by atoms with Crippen LogP contribution in [-0.2, 0) is 17.8 Å². The van der Waals surface area contributed by atoms with Crippen molar-refractivity contribution in [3.63, 3.8) is 0 Å². The maximum atomic E-state index is 10.0. The van der Waals surface area contributed by atoms with Gasteiger partial charge in [0.1, 0.15) is 11.5 Å². The van der Waals surface area contributed by atoms with Crippen molar-refractivity contribution in [2.24, 2.45) is 0 Å². The number of hydrogen-bond donors (Lipinski definition) is 1. The Hall–Kier alpha value is -1.22. The number of unbranched alkanes of at least 4 members (excludes halogenated alkanes) is 8. The molecule has 1 aromatic rings. The van der Waals surface area contributed by atoms with Gasteiger partial charge in [-0.25, -0.2) is 0 Å². The molecule has 1 aliphatic heterocycles. The van der Waals surface area contributed by atoms with Gasteiger partial charge in [0.05, 0.1) is 19.8 Å². The number of fused-ring (bicyclic) bond motifs is 1. The highest BCUT2D eigenvalue weighted by Gasteiger charge is 2.22. The molecule has 24 heavy (non-hydrogen) atoms. The second kappa shape index (κ2) is 10.6. The molecule has 0 saturated heterocycles. The van der Waals surface area contributed by atoms with Crippen LogP contribution >= 0.6 is 0 Å². The molecule has 0 aromatic heterocycles. The highest BCUT2D eigenvalue weighted by atomic mass is 16.5. The maximum absolute atomic E-state index is 10.0. The Kier molecular flexibility index (Phi) is 8.44. The summed E-state index contributed by atoms with van der Waals surface area (Å²) in [5.74, 6) is 1.03. The Labute approximate surface area is 147 Å². The summed E-state index contributed by atoms with van der Waals surface area (Å²) >= 11 is 0. The molecule has 1 unspecified atom stereocenters. The van der Waals surface area contributed by atoms with E-state index in [1.165, 1.54) is 63.4 Å². The molecule has 0 spiro atoms. The van der Waals surface area contributed by atoms with Gasteiger partial charge in [0.25, 0.3) is 0 Å². The van der Waals surface area contributed by atoms with Crippen LogP contribution in [0, 0.1) is 0 Å². The summed E-state index contributed by atoms with van der Waals surface area (Å²) in [4.78, 5) is 0. The van der Waals surface area contributed by atoms with Gasteiger partial charge in [-0.15, -0.1) is 0 Å². The molecule has 0 saturated carbocycles. The lowest BCUT2D eigenvalue weighted by Gasteiger charge is -2.26. The lowest BCUT2D eigenvalue weighted by atomic mass is 9.95. The van der Waals surface area contributed by atoms with E-state index >= 15 is 0 Å². The molecule has 3 nitrogen and oxygen atoms in total. The van der Waals surface area contributed by atoms with Crippen LogP contribution in [0.25, 0.3) is 0 Å². The highest BCUT2D eigenvalue weighted by molar-refractivity contribution is 5.46. The fourth-order valence-electron chi connectivity index (χ4n) is 3.53. The fraction of sp³-hybridized carbons (Fsp3) is 0.714. The molecular weight excluding hydrogens is 300 g/mol. The van der Waals surface area contributed by atoms with E-state index in [2.05, 4.69) is 6.92 Å². The number of rotatable bonds is 11. The molecule has 1 N–H and O–H groups in total. The lowest BCUT2D eigenvalue weighted by Crippen LogP contribution is -2.22. The molecule has 1 heterocycles. The second-order valence-electron chi connectivity index (χ2n) is 7.04. The zero-order valence-corrected chi connectivity index (χ0v) is 15.5. The van der Waals surface area contributed by atoms with Crippen LogP contribution in [0.2, 0.25) is 0 Å². The topological polar surface area (TPSA) is 38.7 Å². The largest absolute Gasteiger partial charge is 0.507 e. The molecular formula is C21H34O3. The number of phenols is 1. The number of benzene rings is 1. The van der Waals surface area contributed by atoms with Gasteiger partial charge in [0, 0.05) is 11.6 Å². The van der Waals surface area contributed by atoms with E-state index in [1.54, 1.807) is 13.2 Å². The quantitative estimate of drug-likeness (QED) is 0.523. The average molecular weight is 335 g/mol. The zero-order chi connectivity index (χ0) is 17.2. The van der Waals surface area contributed by atoms with Gasteiger partial charge in [-0.1, -0.05) is 64.7 Å². The number of ether oxygens (including phenoxy) is 2. The minimum Gasteiger partial charge on any atom is -0.507 e. The summed E-state index contributed by atoms with van der Waals surface area (Å²) in [6.45, 7) is 2.79. The van der Waals surface area contributed by atoms with Gasteiger partial charge in [-0.05, 0) is 24.5 Å². The van der Waals surface area contributed by atoms with Crippen molar-refractivity contribution >= 4 is 0 Å². The molecule has 2 rings (SSSR count). The first-order chi connectivity index (χ1) is 11.7. The van der Waals surface area contributed by atoms with Crippen LogP contribution in [-0.4, -0.2) is 18.3 Å². The van der Waals surface area contributed by atoms with Gasteiger partial charge in [-0.2, -0.15) is 0 Å². The van der Waals surface area contributed by atoms with E-state index < -0.39 is 0 Å². The van der Waals surface area contributed by atoms with Crippen molar-refractivity contribution in [3.8, 4) is 11.5 Å². The van der Waals surface area contributed by atoms with Crippen LogP contribution in [0.15, 0.2) is 12.1 Å². The lowest BCUT2D eigenvalue weighted by molar-refractivity contribution is 0.0204. The van der Waals surface area contributed by atoms with E-state index in [1.807, 2.05) is 6.07 Å². The van der Waals surface area contributed by atoms with E-state index in [0.29, 0.717) is 12.4 Å². The van der Waals surface area contributed by atoms with Gasteiger partial charge in [-0.3, -0.25) is 0 Å². The molecule has 1 aliphatic rings. The smallest absolute Gasteiger partial charge is 0.125 e. The summed E-state index contributed by atoms with van der Waals surface area (Å²) < 4.78 is 11.2. The average Bonchev–Trinajstić information content (AvgIpc) is 2.60. The summed E-state index contributed by atoms with van der Waals surface area (Å²) in [5.41, 5.74) is 2.11. The van der Waals surface area contributed by atoms with Crippen LogP contribution in [0.4, 0.5) is 0 Å². The standard InChI is InChI=1S/C21H34O3/c1-3-4-5-6-7-8-9-10-11-12-18-13-17-14-19(23-2)15-21(22)20(17)16-24-18/h14-15,18,22H,3-13,16H2,1-2H3. The highest BCUT2D eigenvalue weighted by Crippen LogP contribution is 2.33. The normalized spacial score (nSPS) is 16.8. The van der Waals surface area contributed by atoms with Crippen LogP contribution in [0.5, 0.6) is 11.5 Å². The Morgan fingerprint density at radius 1 is 1.04 bits per heavy atom. The van der Waals surface area contributed by atoms with Crippen molar-refractivity contribution in [1.29, 1.82) is 0 Å². The van der Waals surface area contributed by atoms with Crippen LogP contribution in [0.1, 0.15) is 82.3 Å². The molecule has 0 radical (unpaired) electrons. The Balaban J connectivity index is 1.63. The number of hydrogen-bond acceptors (Lipinski definition) is 3. The third-order valence-electron chi connectivity index (χ3n) is 5.07. The Morgan fingerprint density at radius 2 is 1.71 bits per heavy atom. The van der Waals surface area contributed by atoms with Gasteiger partial charge in [0.15, 0.2) is 0 Å². The van der Waals surface area contributed by atoms with E-state index in [4.69, 9.17) is 9.47 Å². The third kappa shape index (κ3) is 6.01. The van der Waals surface area contributed by atoms with Crippen molar-refractivity contribution in [2.45, 2.75) is 90.3 Å². The first kappa shape index (κ1) is 19.1. The fourth-order valence-corrected chi connectivity index (χ4v) is 3.53. The minimum atomic E-state index is 0.286. The summed E-state index contributed by atoms with van der Waals surface area (Å²) in [7, 11) is 1.64. The summed E-state index contributed by atoms with van der Waals surface area (Å²) in [6.07, 6.45) is 14.5. The van der Waals surface area contributed by atoms with E-state index in [0.717, 1.165) is 24.2 Å². The first-order valence-corrected chi connectivity index (χ1v) is 9.75. The molecule has 0 amide bonds. The molecule has 3 heteroatoms. The SMILES string of the molecule is CCCCCCCCCCCC1Cc2cc(OC)cc(O)c2CO1. The molecule has 136 valence electrons. The monoisotopic (exact) mass is 334 g/mol. The first-order valence-electron chi connectivity index (χ1n) is 9.75. The Morgan fingerprint density at radius 3 is 2.38 bits per heavy atom. The van der Waals surface area contributed by atoms with Gasteiger partial charge >= 0.3 is 0 Å². The molecule has 0 bridgehead atoms. The van der Waals surface area contributed by atoms with Crippen LogP contribution in [0.3, 0.4) is 0 Å². The van der Waals surface area contributed by atoms with E-state index in [9.17, 15) is 5.11 Å². The number of phenolic OH excluding ortho intramolecular Hbond substituents is 1. The summed E-state index contributed by atoms with van der Waals surface area (Å²) in [5, 5.41) is 10.0. The minimum absolute atomic E-state index is 0.286. The van der Waals surface area contributed by atoms with Crippen molar-refractivity contribution in [2.75, 3.05) is 7.11 Å². The van der Waals surface area contributed by atoms with Crippen molar-refractivity contribution in [3.05, 3.63) is 23.3 Å². The van der Waals surface area contributed by atoms with Gasteiger partial charge < -0.3 is 14.6 Å². The zero-order valence-electron chi connectivity index (χ0n) is 15.5. The number of aromatic hydroxyl groups is 1. The third-order valence-corrected chi connectivity index (χ3v) is 5.07. The molecule has 1 atom stereocenters. The number of methoxy groups -OCH3 is 1. The molecule has 0 aliphatic carbocycles. The summed E-state index contributed by atoms with van der Waals surface area (Å²) in [6, 6.07) is 3.71. The predicted octanol–water partition coefficient (Wildman–Crippen LogP) is 5.76. The predicted molar refractivity (Wildman–Crippen MR) is 98.8 cm³/mol. The van der Waals surface area contributed by atoms with Crippen LogP contribution < -0.4 is 4.74 Å².